The summed E-state index contributed by atoms with van der Waals surface area (Å²) in [6.45, 7) is 3.34. The van der Waals surface area contributed by atoms with Crippen molar-refractivity contribution in [2.24, 2.45) is 0 Å². The molecule has 0 spiro atoms. The molecule has 12 heavy (non-hydrogen) atoms. The molecule has 0 radical (unpaired) electrons. The van der Waals surface area contributed by atoms with E-state index >= 15 is 0 Å². The van der Waals surface area contributed by atoms with Gasteiger partial charge in [0.2, 0.25) is 12.4 Å². The first-order valence-corrected chi connectivity index (χ1v) is 3.35. The summed E-state index contributed by atoms with van der Waals surface area (Å²) in [6, 6.07) is 3.73. The smallest absolute Gasteiger partial charge is 0.377 e. The number of hydrogen-bond donors (Lipinski definition) is 0. The third-order valence-corrected chi connectivity index (χ3v) is 1.20. The molecule has 0 amide bonds. The lowest BCUT2D eigenvalue weighted by Gasteiger charge is -1.90. The molecule has 0 saturated heterocycles. The van der Waals surface area contributed by atoms with Crippen molar-refractivity contribution in [3.05, 3.63) is 30.1 Å². The molecule has 66 valence electrons. The van der Waals surface area contributed by atoms with Crippen LogP contribution in [0.3, 0.4) is 0 Å². The van der Waals surface area contributed by atoms with Gasteiger partial charge in [-0.1, -0.05) is 0 Å². The Morgan fingerprint density at radius 1 is 1.42 bits per heavy atom. The Labute approximate surface area is 81.7 Å². The van der Waals surface area contributed by atoms with E-state index in [4.69, 9.17) is 4.84 Å². The molecule has 0 saturated carbocycles. The predicted octanol–water partition coefficient (Wildman–Crippen LogP) is -2.74. The largest absolute Gasteiger partial charge is 1.00 e. The maximum atomic E-state index is 10.5. The van der Waals surface area contributed by atoms with Crippen LogP contribution in [0.25, 0.3) is 0 Å². The van der Waals surface area contributed by atoms with E-state index in [-0.39, 0.29) is 23.0 Å². The van der Waals surface area contributed by atoms with Crippen LogP contribution in [0, 0.1) is 6.92 Å². The van der Waals surface area contributed by atoms with Crippen LogP contribution in [0.1, 0.15) is 12.5 Å². The molecule has 0 aliphatic carbocycles. The van der Waals surface area contributed by atoms with Crippen molar-refractivity contribution in [1.29, 1.82) is 0 Å². The minimum absolute atomic E-state index is 0. The highest BCUT2D eigenvalue weighted by atomic mass is 79.9. The number of carbonyl (C=O) groups excluding carboxylic acids is 1. The first-order valence-electron chi connectivity index (χ1n) is 3.35. The van der Waals surface area contributed by atoms with Crippen LogP contribution in [0.2, 0.25) is 0 Å². The zero-order valence-electron chi connectivity index (χ0n) is 6.95. The van der Waals surface area contributed by atoms with E-state index in [1.165, 1.54) is 11.7 Å². The number of nitrogens with zero attached hydrogens (tertiary/aromatic N) is 1. The van der Waals surface area contributed by atoms with Gasteiger partial charge in [0, 0.05) is 23.8 Å². The summed E-state index contributed by atoms with van der Waals surface area (Å²) in [5.74, 6) is -0.321. The predicted molar refractivity (Wildman–Crippen MR) is 38.6 cm³/mol. The fourth-order valence-corrected chi connectivity index (χ4v) is 0.697. The van der Waals surface area contributed by atoms with Gasteiger partial charge in [-0.05, 0) is 12.5 Å². The molecule has 4 heteroatoms. The lowest BCUT2D eigenvalue weighted by atomic mass is 10.3. The van der Waals surface area contributed by atoms with Gasteiger partial charge in [0.1, 0.15) is 0 Å². The molecule has 3 nitrogen and oxygen atoms in total. The number of aromatic nitrogens is 1. The Morgan fingerprint density at radius 3 is 2.33 bits per heavy atom. The summed E-state index contributed by atoms with van der Waals surface area (Å²) in [4.78, 5) is 15.2. The molecule has 1 rings (SSSR count). The van der Waals surface area contributed by atoms with E-state index in [1.807, 2.05) is 19.1 Å². The van der Waals surface area contributed by atoms with E-state index in [0.717, 1.165) is 5.56 Å². The molecular formula is C8H10BrNO2. The van der Waals surface area contributed by atoms with Crippen LogP contribution >= 0.6 is 0 Å². The summed E-state index contributed by atoms with van der Waals surface area (Å²) in [7, 11) is 0. The Balaban J connectivity index is 0.00000121. The number of aryl methyl sites for hydroxylation is 1. The number of carbonyl (C=O) groups is 1. The molecular weight excluding hydrogens is 222 g/mol. The van der Waals surface area contributed by atoms with Crippen molar-refractivity contribution in [1.82, 2.24) is 0 Å². The van der Waals surface area contributed by atoms with Crippen LogP contribution < -0.4 is 26.5 Å². The lowest BCUT2D eigenvalue weighted by molar-refractivity contribution is -0.869. The number of halogens is 1. The molecule has 1 aromatic heterocycles. The Bertz CT molecular complexity index is 258. The molecule has 0 fully saturated rings. The molecule has 0 bridgehead atoms. The van der Waals surface area contributed by atoms with Crippen molar-refractivity contribution in [3.63, 3.8) is 0 Å². The highest BCUT2D eigenvalue weighted by Crippen LogP contribution is 1.88. The van der Waals surface area contributed by atoms with Crippen LogP contribution in [-0.4, -0.2) is 5.97 Å². The fraction of sp³-hybridized carbons (Fsp3) is 0.250. The minimum Gasteiger partial charge on any atom is -1.00 e. The minimum atomic E-state index is -0.321. The quantitative estimate of drug-likeness (QED) is 0.492. The van der Waals surface area contributed by atoms with E-state index in [2.05, 4.69) is 0 Å². The second-order valence-corrected chi connectivity index (χ2v) is 2.32. The van der Waals surface area contributed by atoms with Crippen molar-refractivity contribution >= 4 is 5.97 Å². The van der Waals surface area contributed by atoms with Gasteiger partial charge in [0.05, 0.1) is 0 Å². The average Bonchev–Trinajstić information content (AvgIpc) is 1.93. The zero-order chi connectivity index (χ0) is 8.27. The first-order chi connectivity index (χ1) is 5.18. The summed E-state index contributed by atoms with van der Waals surface area (Å²) in [6.07, 6.45) is 3.38. The highest BCUT2D eigenvalue weighted by Gasteiger charge is 2.02. The lowest BCUT2D eigenvalue weighted by Crippen LogP contribution is -3.00. The topological polar surface area (TPSA) is 30.2 Å². The molecule has 0 atom stereocenters. The number of rotatable bonds is 1. The first kappa shape index (κ1) is 11.1. The third kappa shape index (κ3) is 3.48. The van der Waals surface area contributed by atoms with Crippen LogP contribution in [0.15, 0.2) is 24.5 Å². The summed E-state index contributed by atoms with van der Waals surface area (Å²) in [5, 5.41) is 0. The highest BCUT2D eigenvalue weighted by molar-refractivity contribution is 5.65. The number of hydrogen-bond acceptors (Lipinski definition) is 2. The Kier molecular flexibility index (Phi) is 4.51. The van der Waals surface area contributed by atoms with Crippen molar-refractivity contribution < 1.29 is 31.3 Å². The van der Waals surface area contributed by atoms with E-state index < -0.39 is 0 Å². The second-order valence-electron chi connectivity index (χ2n) is 2.32. The second kappa shape index (κ2) is 4.87. The van der Waals surface area contributed by atoms with Crippen molar-refractivity contribution in [2.75, 3.05) is 0 Å². The van der Waals surface area contributed by atoms with Gasteiger partial charge in [0.25, 0.3) is 0 Å². The van der Waals surface area contributed by atoms with E-state index in [9.17, 15) is 4.79 Å². The Morgan fingerprint density at radius 2 is 1.92 bits per heavy atom. The molecule has 1 aromatic rings. The normalized spacial score (nSPS) is 8.50. The van der Waals surface area contributed by atoms with Crippen LogP contribution in [0.5, 0.6) is 0 Å². The molecule has 1 heterocycles. The zero-order valence-corrected chi connectivity index (χ0v) is 8.54. The summed E-state index contributed by atoms with van der Waals surface area (Å²) in [5.41, 5.74) is 1.13. The van der Waals surface area contributed by atoms with Gasteiger partial charge in [0.15, 0.2) is 0 Å². The monoisotopic (exact) mass is 231 g/mol. The maximum absolute atomic E-state index is 10.5. The van der Waals surface area contributed by atoms with E-state index in [1.54, 1.807) is 12.4 Å². The van der Waals surface area contributed by atoms with Crippen molar-refractivity contribution in [3.8, 4) is 0 Å². The summed E-state index contributed by atoms with van der Waals surface area (Å²) < 4.78 is 1.37. The van der Waals surface area contributed by atoms with Gasteiger partial charge >= 0.3 is 5.97 Å². The average molecular weight is 232 g/mol. The van der Waals surface area contributed by atoms with Crippen LogP contribution in [0.4, 0.5) is 0 Å². The molecule has 0 N–H and O–H groups in total. The third-order valence-electron chi connectivity index (χ3n) is 1.20. The van der Waals surface area contributed by atoms with Gasteiger partial charge in [-0.2, -0.15) is 4.84 Å². The van der Waals surface area contributed by atoms with Gasteiger partial charge < -0.3 is 17.0 Å². The SMILES string of the molecule is CC(=O)O[n+]1ccc(C)cc1.[Br-]. The molecule has 0 unspecified atom stereocenters. The molecule has 0 aromatic carbocycles. The number of pyridine rings is 1. The standard InChI is InChI=1S/C8H10NO2.BrH/c1-7-3-5-9(6-4-7)11-8(2)10;/h3-6H,1-2H3;1H/q+1;/p-1. The van der Waals surface area contributed by atoms with Gasteiger partial charge in [-0.15, -0.1) is 0 Å². The summed E-state index contributed by atoms with van der Waals surface area (Å²) >= 11 is 0. The van der Waals surface area contributed by atoms with E-state index in [0.29, 0.717) is 0 Å². The maximum Gasteiger partial charge on any atom is 0.377 e. The fourth-order valence-electron chi connectivity index (χ4n) is 0.697. The van der Waals surface area contributed by atoms with Crippen LogP contribution in [-0.2, 0) is 4.79 Å². The Hall–Kier alpha value is -0.900. The van der Waals surface area contributed by atoms with Gasteiger partial charge in [-0.25, -0.2) is 4.79 Å². The molecule has 0 aliphatic heterocycles. The van der Waals surface area contributed by atoms with Crippen molar-refractivity contribution in [2.45, 2.75) is 13.8 Å². The molecule has 0 aliphatic rings. The van der Waals surface area contributed by atoms with Gasteiger partial charge in [-0.3, -0.25) is 0 Å².